The molecule has 6 heteroatoms. The SMILES string of the molecule is CCOc1cc(CNc2ccc(Cl)cc2)cc(Br)c1OCc1ccccc1Cl. The van der Waals surface area contributed by atoms with E-state index in [0.717, 1.165) is 21.3 Å². The lowest BCUT2D eigenvalue weighted by molar-refractivity contribution is 0.267. The van der Waals surface area contributed by atoms with E-state index in [1.165, 1.54) is 0 Å². The van der Waals surface area contributed by atoms with Crippen LogP contribution in [0.2, 0.25) is 10.0 Å². The van der Waals surface area contributed by atoms with Gasteiger partial charge in [-0.2, -0.15) is 0 Å². The van der Waals surface area contributed by atoms with Crippen LogP contribution in [-0.4, -0.2) is 6.61 Å². The summed E-state index contributed by atoms with van der Waals surface area (Å²) in [6, 6.07) is 19.3. The van der Waals surface area contributed by atoms with Crippen molar-refractivity contribution in [2.24, 2.45) is 0 Å². The minimum Gasteiger partial charge on any atom is -0.490 e. The summed E-state index contributed by atoms with van der Waals surface area (Å²) in [6.07, 6.45) is 0. The van der Waals surface area contributed by atoms with Crippen LogP contribution in [0.1, 0.15) is 18.1 Å². The fourth-order valence-corrected chi connectivity index (χ4v) is 3.58. The van der Waals surface area contributed by atoms with Crippen molar-refractivity contribution in [3.63, 3.8) is 0 Å². The van der Waals surface area contributed by atoms with Crippen molar-refractivity contribution in [2.45, 2.75) is 20.1 Å². The van der Waals surface area contributed by atoms with Gasteiger partial charge in [0.05, 0.1) is 11.1 Å². The molecule has 3 aromatic carbocycles. The lowest BCUT2D eigenvalue weighted by atomic mass is 10.2. The van der Waals surface area contributed by atoms with Gasteiger partial charge in [0.25, 0.3) is 0 Å². The molecule has 0 radical (unpaired) electrons. The molecule has 0 heterocycles. The van der Waals surface area contributed by atoms with Crippen LogP contribution in [0.5, 0.6) is 11.5 Å². The van der Waals surface area contributed by atoms with E-state index in [1.807, 2.05) is 67.6 Å². The van der Waals surface area contributed by atoms with Crippen LogP contribution >= 0.6 is 39.1 Å². The molecule has 0 saturated carbocycles. The van der Waals surface area contributed by atoms with Crippen LogP contribution in [0.25, 0.3) is 0 Å². The first-order valence-electron chi connectivity index (χ1n) is 8.87. The Kier molecular flexibility index (Phi) is 7.49. The zero-order chi connectivity index (χ0) is 19.9. The number of anilines is 1. The normalized spacial score (nSPS) is 10.6. The molecule has 3 aromatic rings. The van der Waals surface area contributed by atoms with Gasteiger partial charge in [-0.15, -0.1) is 0 Å². The fourth-order valence-electron chi connectivity index (χ4n) is 2.66. The summed E-state index contributed by atoms with van der Waals surface area (Å²) in [5.74, 6) is 1.36. The highest BCUT2D eigenvalue weighted by molar-refractivity contribution is 9.10. The largest absolute Gasteiger partial charge is 0.490 e. The molecule has 1 N–H and O–H groups in total. The average molecular weight is 481 g/mol. The van der Waals surface area contributed by atoms with Gasteiger partial charge in [-0.25, -0.2) is 0 Å². The molecule has 3 nitrogen and oxygen atoms in total. The minimum atomic E-state index is 0.362. The van der Waals surface area contributed by atoms with Gasteiger partial charge in [-0.05, 0) is 70.9 Å². The van der Waals surface area contributed by atoms with Gasteiger partial charge in [0.15, 0.2) is 11.5 Å². The molecule has 146 valence electrons. The Morgan fingerprint density at radius 3 is 2.43 bits per heavy atom. The number of ether oxygens (including phenoxy) is 2. The standard InChI is InChI=1S/C22H20BrCl2NO2/c1-2-27-21-12-15(13-26-18-9-7-17(24)8-10-18)11-19(23)22(21)28-14-16-5-3-4-6-20(16)25/h3-12,26H,2,13-14H2,1H3. The van der Waals surface area contributed by atoms with Gasteiger partial charge in [-0.1, -0.05) is 41.4 Å². The van der Waals surface area contributed by atoms with Crippen molar-refractivity contribution >= 4 is 44.8 Å². The lowest BCUT2D eigenvalue weighted by Gasteiger charge is -2.16. The van der Waals surface area contributed by atoms with Gasteiger partial charge < -0.3 is 14.8 Å². The number of nitrogens with one attached hydrogen (secondary N) is 1. The number of rotatable bonds is 8. The maximum Gasteiger partial charge on any atom is 0.175 e. The van der Waals surface area contributed by atoms with Crippen molar-refractivity contribution < 1.29 is 9.47 Å². The van der Waals surface area contributed by atoms with Crippen molar-refractivity contribution in [3.8, 4) is 11.5 Å². The highest BCUT2D eigenvalue weighted by Crippen LogP contribution is 2.38. The Bertz CT molecular complexity index is 932. The molecule has 0 aliphatic rings. The van der Waals surface area contributed by atoms with Crippen molar-refractivity contribution in [1.29, 1.82) is 0 Å². The van der Waals surface area contributed by atoms with E-state index >= 15 is 0 Å². The molecule has 3 rings (SSSR count). The Labute approximate surface area is 183 Å². The van der Waals surface area contributed by atoms with Crippen molar-refractivity contribution in [1.82, 2.24) is 0 Å². The second kappa shape index (κ2) is 10.1. The highest BCUT2D eigenvalue weighted by Gasteiger charge is 2.13. The van der Waals surface area contributed by atoms with Crippen LogP contribution in [0.3, 0.4) is 0 Å². The quantitative estimate of drug-likeness (QED) is 0.365. The molecule has 0 aliphatic heterocycles. The molecule has 0 aromatic heterocycles. The smallest absolute Gasteiger partial charge is 0.175 e. The summed E-state index contributed by atoms with van der Waals surface area (Å²) < 4.78 is 12.7. The topological polar surface area (TPSA) is 30.5 Å². The summed E-state index contributed by atoms with van der Waals surface area (Å²) >= 11 is 15.8. The van der Waals surface area contributed by atoms with Gasteiger partial charge in [0, 0.05) is 27.8 Å². The zero-order valence-corrected chi connectivity index (χ0v) is 18.4. The Morgan fingerprint density at radius 2 is 1.71 bits per heavy atom. The number of benzene rings is 3. The van der Waals surface area contributed by atoms with E-state index in [1.54, 1.807) is 0 Å². The van der Waals surface area contributed by atoms with Gasteiger partial charge in [0.1, 0.15) is 6.61 Å². The molecule has 0 saturated heterocycles. The van der Waals surface area contributed by atoms with E-state index in [9.17, 15) is 0 Å². The monoisotopic (exact) mass is 479 g/mol. The second-order valence-corrected chi connectivity index (χ2v) is 7.78. The van der Waals surface area contributed by atoms with Gasteiger partial charge in [0.2, 0.25) is 0 Å². The van der Waals surface area contributed by atoms with Gasteiger partial charge in [-0.3, -0.25) is 0 Å². The van der Waals surface area contributed by atoms with E-state index < -0.39 is 0 Å². The fraction of sp³-hybridized carbons (Fsp3) is 0.182. The Hall–Kier alpha value is -1.88. The second-order valence-electron chi connectivity index (χ2n) is 6.08. The first-order chi connectivity index (χ1) is 13.6. The zero-order valence-electron chi connectivity index (χ0n) is 15.3. The number of hydrogen-bond acceptors (Lipinski definition) is 3. The predicted molar refractivity (Wildman–Crippen MR) is 120 cm³/mol. The maximum atomic E-state index is 6.23. The molecule has 28 heavy (non-hydrogen) atoms. The first-order valence-corrected chi connectivity index (χ1v) is 10.4. The molecule has 0 fully saturated rings. The van der Waals surface area contributed by atoms with E-state index in [4.69, 9.17) is 32.7 Å². The van der Waals surface area contributed by atoms with Crippen molar-refractivity contribution in [3.05, 3.63) is 86.3 Å². The van der Waals surface area contributed by atoms with Crippen LogP contribution in [0.4, 0.5) is 5.69 Å². The molecular weight excluding hydrogens is 461 g/mol. The van der Waals surface area contributed by atoms with E-state index in [2.05, 4.69) is 21.2 Å². The Morgan fingerprint density at radius 1 is 0.964 bits per heavy atom. The predicted octanol–water partition coefficient (Wildman–Crippen LogP) is 7.35. The summed E-state index contributed by atoms with van der Waals surface area (Å²) in [7, 11) is 0. The van der Waals surface area contributed by atoms with Crippen LogP contribution in [-0.2, 0) is 13.2 Å². The van der Waals surface area contributed by atoms with Crippen LogP contribution in [0, 0.1) is 0 Å². The third-order valence-corrected chi connectivity index (χ3v) is 5.25. The number of halogens is 3. The molecule has 0 aliphatic carbocycles. The average Bonchev–Trinajstić information content (AvgIpc) is 2.68. The third-order valence-electron chi connectivity index (χ3n) is 4.04. The van der Waals surface area contributed by atoms with Gasteiger partial charge >= 0.3 is 0 Å². The molecule has 0 unspecified atom stereocenters. The van der Waals surface area contributed by atoms with Crippen LogP contribution in [0.15, 0.2) is 65.1 Å². The molecule has 0 atom stereocenters. The molecular formula is C22H20BrCl2NO2. The lowest BCUT2D eigenvalue weighted by Crippen LogP contribution is -2.04. The molecule has 0 bridgehead atoms. The molecule has 0 spiro atoms. The Balaban J connectivity index is 1.75. The summed E-state index contributed by atoms with van der Waals surface area (Å²) in [5, 5.41) is 4.77. The highest BCUT2D eigenvalue weighted by atomic mass is 79.9. The maximum absolute atomic E-state index is 6.23. The third kappa shape index (κ3) is 5.57. The van der Waals surface area contributed by atoms with E-state index in [-0.39, 0.29) is 0 Å². The summed E-state index contributed by atoms with van der Waals surface area (Å²) in [6.45, 7) is 3.50. The first kappa shape index (κ1) is 20.8. The van der Waals surface area contributed by atoms with E-state index in [0.29, 0.717) is 41.3 Å². The molecule has 0 amide bonds. The van der Waals surface area contributed by atoms with Crippen molar-refractivity contribution in [2.75, 3.05) is 11.9 Å². The number of hydrogen-bond donors (Lipinski definition) is 1. The summed E-state index contributed by atoms with van der Waals surface area (Å²) in [5.41, 5.74) is 2.99. The van der Waals surface area contributed by atoms with Crippen LogP contribution < -0.4 is 14.8 Å². The summed E-state index contributed by atoms with van der Waals surface area (Å²) in [4.78, 5) is 0. The minimum absolute atomic E-state index is 0.362.